The molecule has 0 unspecified atom stereocenters. The van der Waals surface area contributed by atoms with Crippen molar-refractivity contribution in [2.45, 2.75) is 77.8 Å². The van der Waals surface area contributed by atoms with Gasteiger partial charge in [-0.1, -0.05) is 73.0 Å². The van der Waals surface area contributed by atoms with E-state index in [1.807, 2.05) is 12.2 Å². The monoisotopic (exact) mass is 304 g/mol. The molecule has 0 saturated carbocycles. The second kappa shape index (κ2) is 7.91. The van der Waals surface area contributed by atoms with Crippen molar-refractivity contribution in [3.8, 4) is 22.9 Å². The van der Waals surface area contributed by atoms with E-state index < -0.39 is 16.1 Å². The van der Waals surface area contributed by atoms with Gasteiger partial charge in [0.2, 0.25) is 0 Å². The molecule has 0 saturated heterocycles. The standard InChI is InChI=1S/C18H32Si2/c1-16(2)20(17(3)4,18(5)6)15-13-11-10-12-14-19(7,8)9/h10-11,16-18H,1-9H3/b11-10-. The molecule has 0 nitrogen and oxygen atoms in total. The maximum Gasteiger partial charge on any atom is 0.146 e. The fraction of sp³-hybridized carbons (Fsp3) is 0.667. The van der Waals surface area contributed by atoms with Crippen LogP contribution < -0.4 is 0 Å². The van der Waals surface area contributed by atoms with Gasteiger partial charge in [-0.15, -0.1) is 11.1 Å². The van der Waals surface area contributed by atoms with Gasteiger partial charge in [0, 0.05) is 0 Å². The first-order valence-corrected chi connectivity index (χ1v) is 13.5. The Morgan fingerprint density at radius 2 is 1.00 bits per heavy atom. The van der Waals surface area contributed by atoms with E-state index in [0.717, 1.165) is 0 Å². The zero-order valence-electron chi connectivity index (χ0n) is 14.9. The van der Waals surface area contributed by atoms with Gasteiger partial charge in [-0.3, -0.25) is 0 Å². The Balaban J connectivity index is 5.18. The van der Waals surface area contributed by atoms with Crippen LogP contribution in [0.25, 0.3) is 0 Å². The molecule has 0 heterocycles. The third-order valence-electron chi connectivity index (χ3n) is 3.85. The van der Waals surface area contributed by atoms with Crippen LogP contribution in [0.5, 0.6) is 0 Å². The molecule has 0 amide bonds. The van der Waals surface area contributed by atoms with Gasteiger partial charge in [0.15, 0.2) is 0 Å². The van der Waals surface area contributed by atoms with Crippen LogP contribution >= 0.6 is 0 Å². The normalized spacial score (nSPS) is 12.6. The summed E-state index contributed by atoms with van der Waals surface area (Å²) in [6, 6.07) is 0. The minimum absolute atomic E-state index is 0.691. The molecular formula is C18H32Si2. The molecule has 0 rings (SSSR count). The summed E-state index contributed by atoms with van der Waals surface area (Å²) in [4.78, 5) is 0. The van der Waals surface area contributed by atoms with Gasteiger partial charge in [0.05, 0.1) is 0 Å². The second-order valence-electron chi connectivity index (χ2n) is 7.52. The summed E-state index contributed by atoms with van der Waals surface area (Å²) in [7, 11) is -2.84. The predicted molar refractivity (Wildman–Crippen MR) is 99.1 cm³/mol. The Labute approximate surface area is 129 Å². The molecule has 20 heavy (non-hydrogen) atoms. The molecule has 2 heteroatoms. The van der Waals surface area contributed by atoms with E-state index in [9.17, 15) is 0 Å². The highest BCUT2D eigenvalue weighted by Gasteiger charge is 2.41. The van der Waals surface area contributed by atoms with E-state index in [1.165, 1.54) is 0 Å². The first-order valence-electron chi connectivity index (χ1n) is 7.74. The van der Waals surface area contributed by atoms with Crippen LogP contribution in [0.1, 0.15) is 41.5 Å². The Kier molecular flexibility index (Phi) is 7.63. The van der Waals surface area contributed by atoms with Gasteiger partial charge in [-0.25, -0.2) is 0 Å². The van der Waals surface area contributed by atoms with Crippen molar-refractivity contribution in [2.24, 2.45) is 0 Å². The van der Waals surface area contributed by atoms with Crippen LogP contribution in [0.15, 0.2) is 12.2 Å². The number of hydrogen-bond acceptors (Lipinski definition) is 0. The molecule has 0 fully saturated rings. The summed E-state index contributed by atoms with van der Waals surface area (Å²) >= 11 is 0. The molecule has 0 spiro atoms. The summed E-state index contributed by atoms with van der Waals surface area (Å²) in [5.74, 6) is 6.44. The smallest absolute Gasteiger partial charge is 0.127 e. The number of allylic oxidation sites excluding steroid dienone is 2. The lowest BCUT2D eigenvalue weighted by Gasteiger charge is -2.37. The van der Waals surface area contributed by atoms with Gasteiger partial charge >= 0.3 is 0 Å². The predicted octanol–water partition coefficient (Wildman–Crippen LogP) is 5.64. The van der Waals surface area contributed by atoms with Crippen molar-refractivity contribution in [3.63, 3.8) is 0 Å². The van der Waals surface area contributed by atoms with Crippen molar-refractivity contribution < 1.29 is 0 Å². The molecule has 0 aromatic rings. The molecule has 0 aromatic heterocycles. The average Bonchev–Trinajstić information content (AvgIpc) is 2.24. The van der Waals surface area contributed by atoms with Gasteiger partial charge in [0.1, 0.15) is 16.1 Å². The summed E-state index contributed by atoms with van der Waals surface area (Å²) in [6.07, 6.45) is 3.87. The van der Waals surface area contributed by atoms with Crippen molar-refractivity contribution >= 4 is 16.1 Å². The third-order valence-corrected chi connectivity index (χ3v) is 11.1. The van der Waals surface area contributed by atoms with Gasteiger partial charge in [-0.2, -0.15) is 0 Å². The Hall–Kier alpha value is -0.706. The summed E-state index contributed by atoms with van der Waals surface area (Å²) < 4.78 is 0. The average molecular weight is 305 g/mol. The molecular weight excluding hydrogens is 272 g/mol. The van der Waals surface area contributed by atoms with Crippen LogP contribution in [-0.2, 0) is 0 Å². The van der Waals surface area contributed by atoms with Crippen molar-refractivity contribution in [1.82, 2.24) is 0 Å². The van der Waals surface area contributed by atoms with Crippen LogP contribution in [-0.4, -0.2) is 16.1 Å². The number of hydrogen-bond donors (Lipinski definition) is 0. The van der Waals surface area contributed by atoms with Gasteiger partial charge < -0.3 is 0 Å². The maximum absolute atomic E-state index is 3.67. The lowest BCUT2D eigenvalue weighted by atomic mass is 10.5. The largest absolute Gasteiger partial charge is 0.146 e. The van der Waals surface area contributed by atoms with Crippen LogP contribution in [0.2, 0.25) is 36.3 Å². The van der Waals surface area contributed by atoms with Crippen molar-refractivity contribution in [3.05, 3.63) is 12.2 Å². The van der Waals surface area contributed by atoms with E-state index in [2.05, 4.69) is 84.1 Å². The summed E-state index contributed by atoms with van der Waals surface area (Å²) in [5, 5.41) is 0. The van der Waals surface area contributed by atoms with E-state index in [-0.39, 0.29) is 0 Å². The highest BCUT2D eigenvalue weighted by molar-refractivity contribution is 6.90. The van der Waals surface area contributed by atoms with E-state index in [1.54, 1.807) is 0 Å². The number of rotatable bonds is 3. The van der Waals surface area contributed by atoms with Gasteiger partial charge in [0.25, 0.3) is 0 Å². The molecule has 0 N–H and O–H groups in total. The fourth-order valence-corrected chi connectivity index (χ4v) is 8.66. The van der Waals surface area contributed by atoms with Crippen LogP contribution in [0, 0.1) is 22.9 Å². The van der Waals surface area contributed by atoms with E-state index in [0.29, 0.717) is 16.6 Å². The maximum atomic E-state index is 3.67. The molecule has 0 atom stereocenters. The Morgan fingerprint density at radius 1 is 0.650 bits per heavy atom. The molecule has 0 aromatic carbocycles. The Bertz CT molecular complexity index is 418. The summed E-state index contributed by atoms with van der Waals surface area (Å²) in [6.45, 7) is 20.8. The molecule has 0 aliphatic rings. The first-order chi connectivity index (χ1) is 9.04. The van der Waals surface area contributed by atoms with E-state index in [4.69, 9.17) is 0 Å². The first kappa shape index (κ1) is 19.3. The third kappa shape index (κ3) is 5.74. The zero-order valence-corrected chi connectivity index (χ0v) is 16.9. The lowest BCUT2D eigenvalue weighted by Crippen LogP contribution is -2.43. The van der Waals surface area contributed by atoms with Crippen molar-refractivity contribution in [2.75, 3.05) is 0 Å². The van der Waals surface area contributed by atoms with Crippen LogP contribution in [0.3, 0.4) is 0 Å². The quantitative estimate of drug-likeness (QED) is 0.467. The summed E-state index contributed by atoms with van der Waals surface area (Å²) in [5.41, 5.74) is 9.08. The minimum atomic E-state index is -1.58. The second-order valence-corrected chi connectivity index (χ2v) is 17.8. The Morgan fingerprint density at radius 3 is 1.30 bits per heavy atom. The highest BCUT2D eigenvalue weighted by atomic mass is 28.3. The molecule has 0 bridgehead atoms. The van der Waals surface area contributed by atoms with Gasteiger partial charge in [-0.05, 0) is 28.8 Å². The molecule has 0 aliphatic carbocycles. The van der Waals surface area contributed by atoms with E-state index >= 15 is 0 Å². The molecule has 0 radical (unpaired) electrons. The SMILES string of the molecule is CC(C)[Si](C#C/C=C\C#C[Si](C)(C)C)(C(C)C)C(C)C. The fourth-order valence-electron chi connectivity index (χ4n) is 2.94. The zero-order chi connectivity index (χ0) is 16.0. The lowest BCUT2D eigenvalue weighted by molar-refractivity contribution is 0.838. The molecule has 112 valence electrons. The highest BCUT2D eigenvalue weighted by Crippen LogP contribution is 2.40. The minimum Gasteiger partial charge on any atom is -0.127 e. The molecule has 0 aliphatic heterocycles. The van der Waals surface area contributed by atoms with Crippen LogP contribution in [0.4, 0.5) is 0 Å². The van der Waals surface area contributed by atoms with Crippen molar-refractivity contribution in [1.29, 1.82) is 0 Å². The topological polar surface area (TPSA) is 0 Å².